The molecule has 0 unspecified atom stereocenters. The Morgan fingerprint density at radius 1 is 1.10 bits per heavy atom. The number of phenolic OH excluding ortho intramolecular Hbond substituents is 1. The molecule has 0 heterocycles. The maximum Gasteiger partial charge on any atom is 0.134 e. The van der Waals surface area contributed by atoms with Crippen LogP contribution in [-0.4, -0.2) is 12.2 Å². The van der Waals surface area contributed by atoms with Crippen molar-refractivity contribution in [1.82, 2.24) is 0 Å². The van der Waals surface area contributed by atoms with Crippen LogP contribution in [0.15, 0.2) is 54.1 Å². The van der Waals surface area contributed by atoms with Gasteiger partial charge in [0, 0.05) is 5.56 Å². The quantitative estimate of drug-likeness (QED) is 0.810. The van der Waals surface area contributed by atoms with Crippen molar-refractivity contribution in [2.45, 2.75) is 18.8 Å². The first-order chi connectivity index (χ1) is 10.2. The predicted octanol–water partition coefficient (Wildman–Crippen LogP) is 4.98. The lowest BCUT2D eigenvalue weighted by molar-refractivity contribution is 0.354. The summed E-state index contributed by atoms with van der Waals surface area (Å²) in [6, 6.07) is 15.7. The Balaban J connectivity index is 1.87. The molecule has 2 aromatic carbocycles. The number of halogens is 1. The summed E-state index contributed by atoms with van der Waals surface area (Å²) in [6.45, 7) is 0. The minimum atomic E-state index is 0.0863. The summed E-state index contributed by atoms with van der Waals surface area (Å²) in [6.07, 6.45) is 1.94. The Kier molecular flexibility index (Phi) is 3.89. The van der Waals surface area contributed by atoms with Gasteiger partial charge < -0.3 is 9.84 Å². The van der Waals surface area contributed by atoms with Crippen LogP contribution in [0.5, 0.6) is 5.75 Å². The summed E-state index contributed by atoms with van der Waals surface area (Å²) in [4.78, 5) is 0. The van der Waals surface area contributed by atoms with Crippen LogP contribution in [0.4, 0.5) is 0 Å². The third kappa shape index (κ3) is 2.64. The van der Waals surface area contributed by atoms with Gasteiger partial charge >= 0.3 is 0 Å². The highest BCUT2D eigenvalue weighted by Crippen LogP contribution is 2.46. The van der Waals surface area contributed by atoms with Crippen LogP contribution < -0.4 is 0 Å². The smallest absolute Gasteiger partial charge is 0.134 e. The maximum atomic E-state index is 9.74. The minimum Gasteiger partial charge on any atom is -0.506 e. The zero-order valence-corrected chi connectivity index (χ0v) is 12.6. The summed E-state index contributed by atoms with van der Waals surface area (Å²) in [5.74, 6) is 1.42. The van der Waals surface area contributed by atoms with Gasteiger partial charge in [-0.1, -0.05) is 48.0 Å². The first kappa shape index (κ1) is 14.0. The molecule has 0 bridgehead atoms. The standard InChI is InChI=1S/C18H17ClO2/c1-21-18(15-8-5-9-16(20)17(15)19)14-10-13(11-14)12-6-3-2-4-7-12/h2-9,13,20H,10-11H2,1H3. The summed E-state index contributed by atoms with van der Waals surface area (Å²) >= 11 is 6.18. The van der Waals surface area contributed by atoms with Gasteiger partial charge in [-0.2, -0.15) is 0 Å². The first-order valence-electron chi connectivity index (χ1n) is 6.99. The number of allylic oxidation sites excluding steroid dienone is 1. The van der Waals surface area contributed by atoms with Gasteiger partial charge in [0.25, 0.3) is 0 Å². The van der Waals surface area contributed by atoms with Crippen molar-refractivity contribution in [3.8, 4) is 5.75 Å². The fourth-order valence-corrected chi connectivity index (χ4v) is 3.03. The number of hydrogen-bond donors (Lipinski definition) is 1. The molecule has 0 saturated heterocycles. The second-order valence-electron chi connectivity index (χ2n) is 5.29. The number of methoxy groups -OCH3 is 1. The number of hydrogen-bond acceptors (Lipinski definition) is 2. The fraction of sp³-hybridized carbons (Fsp3) is 0.222. The molecule has 2 aromatic rings. The van der Waals surface area contributed by atoms with Gasteiger partial charge in [0.1, 0.15) is 11.5 Å². The third-order valence-electron chi connectivity index (χ3n) is 4.00. The van der Waals surface area contributed by atoms with Gasteiger partial charge in [0.05, 0.1) is 12.1 Å². The molecule has 1 fully saturated rings. The van der Waals surface area contributed by atoms with Crippen LogP contribution in [0.2, 0.25) is 5.02 Å². The van der Waals surface area contributed by atoms with E-state index < -0.39 is 0 Å². The molecule has 0 spiro atoms. The molecule has 0 aromatic heterocycles. The molecule has 3 heteroatoms. The van der Waals surface area contributed by atoms with Crippen LogP contribution in [0.3, 0.4) is 0 Å². The fourth-order valence-electron chi connectivity index (χ4n) is 2.82. The number of phenols is 1. The zero-order valence-electron chi connectivity index (χ0n) is 11.8. The van der Waals surface area contributed by atoms with Crippen molar-refractivity contribution >= 4 is 17.4 Å². The molecule has 0 amide bonds. The van der Waals surface area contributed by atoms with Gasteiger partial charge in [-0.05, 0) is 42.0 Å². The average Bonchev–Trinajstić information content (AvgIpc) is 2.47. The van der Waals surface area contributed by atoms with Crippen LogP contribution in [0.1, 0.15) is 29.9 Å². The Bertz CT molecular complexity index is 669. The average molecular weight is 301 g/mol. The SMILES string of the molecule is COC(=C1CC(c2ccccc2)C1)c1cccc(O)c1Cl. The molecule has 0 aliphatic heterocycles. The molecule has 21 heavy (non-hydrogen) atoms. The second-order valence-corrected chi connectivity index (χ2v) is 5.67. The van der Waals surface area contributed by atoms with E-state index in [4.69, 9.17) is 16.3 Å². The molecule has 0 atom stereocenters. The molecule has 1 aliphatic carbocycles. The first-order valence-corrected chi connectivity index (χ1v) is 7.37. The largest absolute Gasteiger partial charge is 0.506 e. The topological polar surface area (TPSA) is 29.5 Å². The lowest BCUT2D eigenvalue weighted by atomic mass is 9.74. The van der Waals surface area contributed by atoms with Crippen LogP contribution >= 0.6 is 11.6 Å². The molecule has 1 aliphatic rings. The molecule has 1 saturated carbocycles. The van der Waals surface area contributed by atoms with Crippen molar-refractivity contribution in [3.05, 3.63) is 70.3 Å². The van der Waals surface area contributed by atoms with E-state index in [1.54, 1.807) is 19.2 Å². The highest BCUT2D eigenvalue weighted by molar-refractivity contribution is 6.33. The number of rotatable bonds is 3. The lowest BCUT2D eigenvalue weighted by Gasteiger charge is -2.31. The van der Waals surface area contributed by atoms with Crippen molar-refractivity contribution < 1.29 is 9.84 Å². The van der Waals surface area contributed by atoms with Crippen molar-refractivity contribution in [2.75, 3.05) is 7.11 Å². The Hall–Kier alpha value is -1.93. The zero-order chi connectivity index (χ0) is 14.8. The molecule has 2 nitrogen and oxygen atoms in total. The van der Waals surface area contributed by atoms with Crippen molar-refractivity contribution in [1.29, 1.82) is 0 Å². The van der Waals surface area contributed by atoms with Gasteiger partial charge in [-0.3, -0.25) is 0 Å². The van der Waals surface area contributed by atoms with Crippen molar-refractivity contribution in [3.63, 3.8) is 0 Å². The van der Waals surface area contributed by atoms with E-state index in [9.17, 15) is 5.11 Å². The van der Waals surface area contributed by atoms with Crippen LogP contribution in [0.25, 0.3) is 5.76 Å². The molecule has 3 rings (SSSR count). The molecular formula is C18H17ClO2. The van der Waals surface area contributed by atoms with Crippen LogP contribution in [-0.2, 0) is 4.74 Å². The van der Waals surface area contributed by atoms with Gasteiger partial charge in [0.2, 0.25) is 0 Å². The van der Waals surface area contributed by atoms with Gasteiger partial charge in [-0.15, -0.1) is 0 Å². The Morgan fingerprint density at radius 2 is 1.81 bits per heavy atom. The summed E-state index contributed by atoms with van der Waals surface area (Å²) < 4.78 is 5.54. The monoisotopic (exact) mass is 300 g/mol. The molecule has 0 radical (unpaired) electrons. The number of ether oxygens (including phenoxy) is 1. The van der Waals surface area contributed by atoms with E-state index in [1.807, 2.05) is 12.1 Å². The highest BCUT2D eigenvalue weighted by atomic mass is 35.5. The number of benzene rings is 2. The van der Waals surface area contributed by atoms with E-state index in [2.05, 4.69) is 24.3 Å². The highest BCUT2D eigenvalue weighted by Gasteiger charge is 2.29. The molecule has 108 valence electrons. The van der Waals surface area contributed by atoms with E-state index in [1.165, 1.54) is 11.1 Å². The van der Waals surface area contributed by atoms with E-state index >= 15 is 0 Å². The van der Waals surface area contributed by atoms with E-state index in [0.29, 0.717) is 10.9 Å². The number of aromatic hydroxyl groups is 1. The van der Waals surface area contributed by atoms with E-state index in [-0.39, 0.29) is 5.75 Å². The Morgan fingerprint density at radius 3 is 2.48 bits per heavy atom. The van der Waals surface area contributed by atoms with Gasteiger partial charge in [-0.25, -0.2) is 0 Å². The summed E-state index contributed by atoms with van der Waals surface area (Å²) in [7, 11) is 1.65. The third-order valence-corrected chi connectivity index (χ3v) is 4.40. The molecular weight excluding hydrogens is 284 g/mol. The second kappa shape index (κ2) is 5.82. The minimum absolute atomic E-state index is 0.0863. The summed E-state index contributed by atoms with van der Waals surface area (Å²) in [5, 5.41) is 10.1. The van der Waals surface area contributed by atoms with Crippen LogP contribution in [0, 0.1) is 0 Å². The van der Waals surface area contributed by atoms with E-state index in [0.717, 1.165) is 24.2 Å². The normalized spacial score (nSPS) is 17.2. The van der Waals surface area contributed by atoms with Crippen molar-refractivity contribution in [2.24, 2.45) is 0 Å². The van der Waals surface area contributed by atoms with Gasteiger partial charge in [0.15, 0.2) is 0 Å². The maximum absolute atomic E-state index is 9.74. The molecule has 1 N–H and O–H groups in total. The Labute approximate surface area is 129 Å². The summed E-state index contributed by atoms with van der Waals surface area (Å²) in [5.41, 5.74) is 3.37. The predicted molar refractivity (Wildman–Crippen MR) is 85.5 cm³/mol. The lowest BCUT2D eigenvalue weighted by Crippen LogP contribution is -2.15.